The SMILES string of the molecule is C=CCc1ccccc1.C=CCc1ccccc1.O=S(=O)([O-])[O-].[Na+].[Na+]. The first-order valence-corrected chi connectivity index (χ1v) is 8.16. The maximum absolute atomic E-state index is 8.52. The van der Waals surface area contributed by atoms with Crippen molar-refractivity contribution < 1.29 is 76.6 Å². The largest absolute Gasteiger partial charge is 1.00 e. The number of benzene rings is 2. The van der Waals surface area contributed by atoms with Gasteiger partial charge in [-0.1, -0.05) is 72.8 Å². The van der Waals surface area contributed by atoms with Crippen molar-refractivity contribution in [2.45, 2.75) is 12.8 Å². The molecule has 0 saturated carbocycles. The van der Waals surface area contributed by atoms with Crippen LogP contribution in [0.25, 0.3) is 0 Å². The minimum absolute atomic E-state index is 0. The molecule has 0 radical (unpaired) electrons. The molecule has 0 saturated heterocycles. The van der Waals surface area contributed by atoms with Gasteiger partial charge in [0.1, 0.15) is 0 Å². The van der Waals surface area contributed by atoms with E-state index in [0.29, 0.717) is 0 Å². The van der Waals surface area contributed by atoms with E-state index in [1.807, 2.05) is 48.6 Å². The van der Waals surface area contributed by atoms with E-state index in [0.717, 1.165) is 12.8 Å². The second kappa shape index (κ2) is 18.6. The summed E-state index contributed by atoms with van der Waals surface area (Å²) in [7, 11) is -5.17. The summed E-state index contributed by atoms with van der Waals surface area (Å²) in [5.74, 6) is 0. The molecule has 0 heterocycles. The smallest absolute Gasteiger partial charge is 0.759 e. The van der Waals surface area contributed by atoms with Crippen LogP contribution >= 0.6 is 0 Å². The first kappa shape index (κ1) is 29.5. The van der Waals surface area contributed by atoms with Gasteiger partial charge in [-0.2, -0.15) is 0 Å². The number of hydrogen-bond donors (Lipinski definition) is 0. The van der Waals surface area contributed by atoms with E-state index >= 15 is 0 Å². The summed E-state index contributed by atoms with van der Waals surface area (Å²) in [4.78, 5) is 0. The molecule has 7 heteroatoms. The van der Waals surface area contributed by atoms with Gasteiger partial charge in [-0.05, 0) is 24.0 Å². The third-order valence-electron chi connectivity index (χ3n) is 2.45. The molecule has 0 amide bonds. The Morgan fingerprint density at radius 2 is 0.960 bits per heavy atom. The summed E-state index contributed by atoms with van der Waals surface area (Å²) in [6.07, 6.45) is 5.77. The average molecular weight is 378 g/mol. The van der Waals surface area contributed by atoms with Crippen LogP contribution in [-0.2, 0) is 23.2 Å². The van der Waals surface area contributed by atoms with Gasteiger partial charge in [-0.3, -0.25) is 8.42 Å². The Bertz CT molecular complexity index is 606. The van der Waals surface area contributed by atoms with Crippen LogP contribution in [0.4, 0.5) is 0 Å². The maximum atomic E-state index is 8.52. The summed E-state index contributed by atoms with van der Waals surface area (Å²) >= 11 is 0. The van der Waals surface area contributed by atoms with Gasteiger partial charge in [0, 0.05) is 10.4 Å². The second-order valence-corrected chi connectivity index (χ2v) is 5.18. The zero-order valence-corrected chi connectivity index (χ0v) is 19.6. The van der Waals surface area contributed by atoms with Crippen LogP contribution in [0.5, 0.6) is 0 Å². The summed E-state index contributed by atoms with van der Waals surface area (Å²) in [5.41, 5.74) is 2.65. The molecular formula is C18H20Na2O4S. The van der Waals surface area contributed by atoms with E-state index in [4.69, 9.17) is 17.5 Å². The summed E-state index contributed by atoms with van der Waals surface area (Å²) in [5, 5.41) is 0. The van der Waals surface area contributed by atoms with E-state index in [2.05, 4.69) is 37.4 Å². The van der Waals surface area contributed by atoms with E-state index in [1.54, 1.807) is 0 Å². The Morgan fingerprint density at radius 1 is 0.720 bits per heavy atom. The predicted octanol–water partition coefficient (Wildman–Crippen LogP) is -2.50. The Balaban J connectivity index is -0.000000291. The first-order chi connectivity index (χ1) is 10.9. The Kier molecular flexibility index (Phi) is 22.0. The standard InChI is InChI=1S/2C9H10.2Na.H2O4S/c2*1-2-6-9-7-4-3-5-8-9;;;1-5(2,3)4/h2*2-5,7-8H,1,6H2;;;(H2,1,2,3,4)/q;;2*+1;/p-2. The minimum atomic E-state index is -5.17. The van der Waals surface area contributed by atoms with Crippen LogP contribution in [0.15, 0.2) is 86.0 Å². The van der Waals surface area contributed by atoms with Gasteiger partial charge in [0.05, 0.1) is 0 Å². The fraction of sp³-hybridized carbons (Fsp3) is 0.111. The fourth-order valence-electron chi connectivity index (χ4n) is 1.56. The van der Waals surface area contributed by atoms with Gasteiger partial charge in [0.15, 0.2) is 0 Å². The molecule has 2 rings (SSSR count). The van der Waals surface area contributed by atoms with E-state index < -0.39 is 10.4 Å². The number of rotatable bonds is 4. The molecule has 0 N–H and O–H groups in total. The van der Waals surface area contributed by atoms with E-state index in [1.165, 1.54) is 11.1 Å². The first-order valence-electron chi connectivity index (χ1n) is 6.83. The molecule has 4 nitrogen and oxygen atoms in total. The third kappa shape index (κ3) is 23.8. The Morgan fingerprint density at radius 3 is 1.16 bits per heavy atom. The van der Waals surface area contributed by atoms with E-state index in [-0.39, 0.29) is 59.1 Å². The third-order valence-corrected chi connectivity index (χ3v) is 2.45. The van der Waals surface area contributed by atoms with Gasteiger partial charge in [0.25, 0.3) is 0 Å². The monoisotopic (exact) mass is 378 g/mol. The molecule has 124 valence electrons. The molecule has 0 aliphatic carbocycles. The second-order valence-electron chi connectivity index (χ2n) is 4.37. The zero-order valence-electron chi connectivity index (χ0n) is 14.8. The molecule has 0 atom stereocenters. The maximum Gasteiger partial charge on any atom is 1.00 e. The van der Waals surface area contributed by atoms with Crippen molar-refractivity contribution in [3.05, 3.63) is 97.1 Å². The summed E-state index contributed by atoms with van der Waals surface area (Å²) in [6, 6.07) is 20.6. The minimum Gasteiger partial charge on any atom is -0.759 e. The Hall–Kier alpha value is -0.210. The molecule has 25 heavy (non-hydrogen) atoms. The van der Waals surface area contributed by atoms with Crippen molar-refractivity contribution in [3.8, 4) is 0 Å². The van der Waals surface area contributed by atoms with Crippen molar-refractivity contribution in [3.63, 3.8) is 0 Å². The molecule has 2 aromatic rings. The molecule has 0 spiro atoms. The quantitative estimate of drug-likeness (QED) is 0.255. The summed E-state index contributed by atoms with van der Waals surface area (Å²) < 4.78 is 34.1. The van der Waals surface area contributed by atoms with Crippen molar-refractivity contribution in [1.82, 2.24) is 0 Å². The molecule has 0 bridgehead atoms. The van der Waals surface area contributed by atoms with Gasteiger partial charge in [0.2, 0.25) is 0 Å². The topological polar surface area (TPSA) is 80.3 Å². The number of hydrogen-bond acceptors (Lipinski definition) is 4. The Labute approximate surface area is 195 Å². The van der Waals surface area contributed by atoms with Crippen molar-refractivity contribution in [2.24, 2.45) is 0 Å². The molecule has 0 aliphatic heterocycles. The van der Waals surface area contributed by atoms with Crippen molar-refractivity contribution in [2.75, 3.05) is 0 Å². The fourth-order valence-corrected chi connectivity index (χ4v) is 1.56. The van der Waals surface area contributed by atoms with Gasteiger partial charge < -0.3 is 9.11 Å². The summed E-state index contributed by atoms with van der Waals surface area (Å²) in [6.45, 7) is 7.31. The van der Waals surface area contributed by atoms with Gasteiger partial charge in [-0.15, -0.1) is 13.2 Å². The van der Waals surface area contributed by atoms with Crippen LogP contribution in [0, 0.1) is 0 Å². The molecule has 0 aliphatic rings. The molecule has 2 aromatic carbocycles. The van der Waals surface area contributed by atoms with Crippen LogP contribution in [0.3, 0.4) is 0 Å². The number of allylic oxidation sites excluding steroid dienone is 2. The van der Waals surface area contributed by atoms with Crippen molar-refractivity contribution in [1.29, 1.82) is 0 Å². The molecule has 0 aromatic heterocycles. The van der Waals surface area contributed by atoms with Crippen LogP contribution in [-0.4, -0.2) is 17.5 Å². The average Bonchev–Trinajstić information content (AvgIpc) is 2.49. The van der Waals surface area contributed by atoms with Crippen LogP contribution in [0.2, 0.25) is 0 Å². The van der Waals surface area contributed by atoms with Crippen LogP contribution in [0.1, 0.15) is 11.1 Å². The zero-order chi connectivity index (χ0) is 17.6. The normalized spacial score (nSPS) is 8.72. The predicted molar refractivity (Wildman–Crippen MR) is 91.2 cm³/mol. The van der Waals surface area contributed by atoms with Crippen molar-refractivity contribution >= 4 is 10.4 Å². The van der Waals surface area contributed by atoms with Gasteiger partial charge in [-0.25, -0.2) is 0 Å². The van der Waals surface area contributed by atoms with E-state index in [9.17, 15) is 0 Å². The molecular weight excluding hydrogens is 358 g/mol. The van der Waals surface area contributed by atoms with Crippen LogP contribution < -0.4 is 59.1 Å². The molecule has 0 fully saturated rings. The van der Waals surface area contributed by atoms with Gasteiger partial charge >= 0.3 is 59.1 Å². The molecule has 0 unspecified atom stereocenters.